The van der Waals surface area contributed by atoms with E-state index in [0.29, 0.717) is 18.8 Å². The third-order valence-electron chi connectivity index (χ3n) is 2.71. The van der Waals surface area contributed by atoms with E-state index in [1.807, 2.05) is 6.92 Å². The number of hydrogen-bond donors (Lipinski definition) is 3. The summed E-state index contributed by atoms with van der Waals surface area (Å²) in [6, 6.07) is 3.82. The Balaban J connectivity index is 2.64. The van der Waals surface area contributed by atoms with Crippen LogP contribution in [0.15, 0.2) is 18.2 Å². The Hall–Kier alpha value is -1.66. The van der Waals surface area contributed by atoms with Crippen LogP contribution >= 0.6 is 0 Å². The highest BCUT2D eigenvalue weighted by atomic mass is 19.1. The molecule has 0 bridgehead atoms. The molecular weight excluding hydrogens is 261 g/mol. The molecule has 4 N–H and O–H groups in total. The number of nitrogens with one attached hydrogen (secondary N) is 1. The number of halogens is 1. The van der Waals surface area contributed by atoms with Gasteiger partial charge >= 0.3 is 0 Å². The molecule has 0 aliphatic heterocycles. The summed E-state index contributed by atoms with van der Waals surface area (Å²) in [4.78, 5) is 13.7. The van der Waals surface area contributed by atoms with Gasteiger partial charge in [0.25, 0.3) is 0 Å². The molecule has 6 heteroatoms. The van der Waals surface area contributed by atoms with Gasteiger partial charge < -0.3 is 16.2 Å². The van der Waals surface area contributed by atoms with Crippen molar-refractivity contribution in [3.05, 3.63) is 24.0 Å². The van der Waals surface area contributed by atoms with E-state index in [0.717, 1.165) is 0 Å². The van der Waals surface area contributed by atoms with Crippen LogP contribution in [0, 0.1) is 5.82 Å². The summed E-state index contributed by atoms with van der Waals surface area (Å²) in [5.74, 6) is -0.758. The number of benzene rings is 1. The number of nitrogens with two attached hydrogens (primary N) is 1. The van der Waals surface area contributed by atoms with Crippen LogP contribution in [0.1, 0.15) is 20.8 Å². The molecule has 0 aromatic heterocycles. The lowest BCUT2D eigenvalue weighted by Gasteiger charge is -2.27. The lowest BCUT2D eigenvalue weighted by Crippen LogP contribution is -2.42. The van der Waals surface area contributed by atoms with Crippen LogP contribution in [0.25, 0.3) is 0 Å². The Labute approximate surface area is 118 Å². The Morgan fingerprint density at radius 1 is 1.50 bits per heavy atom. The van der Waals surface area contributed by atoms with Crippen LogP contribution in [0.3, 0.4) is 0 Å². The summed E-state index contributed by atoms with van der Waals surface area (Å²) in [7, 11) is 0. The molecule has 0 spiro atoms. The predicted octanol–water partition coefficient (Wildman–Crippen LogP) is 1.44. The van der Waals surface area contributed by atoms with Gasteiger partial charge in [-0.05, 0) is 38.6 Å². The molecule has 5 nitrogen and oxygen atoms in total. The summed E-state index contributed by atoms with van der Waals surface area (Å²) in [5.41, 5.74) is 5.36. The number of rotatable bonds is 6. The molecular formula is C14H22FN3O2. The molecule has 0 atom stereocenters. The first-order chi connectivity index (χ1) is 9.21. The molecule has 0 aliphatic rings. The van der Waals surface area contributed by atoms with Crippen molar-refractivity contribution in [2.45, 2.75) is 26.4 Å². The smallest absolute Gasteiger partial charge is 0.238 e. The van der Waals surface area contributed by atoms with Crippen molar-refractivity contribution in [2.24, 2.45) is 0 Å². The third-order valence-corrected chi connectivity index (χ3v) is 2.71. The number of nitrogens with zero attached hydrogens (tertiary/aromatic N) is 1. The van der Waals surface area contributed by atoms with Gasteiger partial charge in [-0.15, -0.1) is 0 Å². The molecule has 112 valence electrons. The van der Waals surface area contributed by atoms with Gasteiger partial charge in [0.05, 0.1) is 23.5 Å². The van der Waals surface area contributed by atoms with E-state index < -0.39 is 11.4 Å². The number of amides is 1. The average molecular weight is 283 g/mol. The van der Waals surface area contributed by atoms with E-state index >= 15 is 0 Å². The van der Waals surface area contributed by atoms with Gasteiger partial charge in [0.15, 0.2) is 0 Å². The van der Waals surface area contributed by atoms with Crippen LogP contribution in [0.2, 0.25) is 0 Å². The van der Waals surface area contributed by atoms with E-state index in [9.17, 15) is 14.3 Å². The molecule has 0 aliphatic carbocycles. The highest BCUT2D eigenvalue weighted by molar-refractivity contribution is 5.95. The number of hydrogen-bond acceptors (Lipinski definition) is 4. The van der Waals surface area contributed by atoms with Crippen LogP contribution in [0.5, 0.6) is 0 Å². The Bertz CT molecular complexity index is 472. The zero-order valence-corrected chi connectivity index (χ0v) is 12.1. The van der Waals surface area contributed by atoms with Crippen molar-refractivity contribution in [2.75, 3.05) is 30.7 Å². The second-order valence-corrected chi connectivity index (χ2v) is 5.40. The van der Waals surface area contributed by atoms with Crippen LogP contribution in [-0.2, 0) is 4.79 Å². The maximum atomic E-state index is 13.1. The third kappa shape index (κ3) is 5.54. The normalized spacial score (nSPS) is 11.7. The van der Waals surface area contributed by atoms with Gasteiger partial charge in [0.1, 0.15) is 5.82 Å². The molecule has 1 rings (SSSR count). The van der Waals surface area contributed by atoms with E-state index in [1.165, 1.54) is 18.2 Å². The maximum absolute atomic E-state index is 13.1. The maximum Gasteiger partial charge on any atom is 0.238 e. The van der Waals surface area contributed by atoms with Crippen molar-refractivity contribution in [3.8, 4) is 0 Å². The number of aliphatic hydroxyl groups is 1. The van der Waals surface area contributed by atoms with E-state index in [4.69, 9.17) is 5.73 Å². The van der Waals surface area contributed by atoms with E-state index in [1.54, 1.807) is 18.7 Å². The van der Waals surface area contributed by atoms with E-state index in [2.05, 4.69) is 5.32 Å². The van der Waals surface area contributed by atoms with Crippen molar-refractivity contribution in [1.29, 1.82) is 0 Å². The summed E-state index contributed by atoms with van der Waals surface area (Å²) >= 11 is 0. The molecule has 1 amide bonds. The number of likely N-dealkylation sites (N-methyl/N-ethyl adjacent to an activating group) is 1. The SMILES string of the molecule is CCN(CC(=O)Nc1cc(F)ccc1N)CC(C)(C)O. The number of carbonyl (C=O) groups is 1. The minimum Gasteiger partial charge on any atom is -0.397 e. The molecule has 0 saturated heterocycles. The fraction of sp³-hybridized carbons (Fsp3) is 0.500. The molecule has 0 saturated carbocycles. The summed E-state index contributed by atoms with van der Waals surface area (Å²) in [6.07, 6.45) is 0. The number of nitrogen functional groups attached to an aromatic ring is 1. The lowest BCUT2D eigenvalue weighted by molar-refractivity contribution is -0.117. The van der Waals surface area contributed by atoms with Crippen LogP contribution < -0.4 is 11.1 Å². The van der Waals surface area contributed by atoms with Gasteiger partial charge in [0, 0.05) is 6.54 Å². The first-order valence-electron chi connectivity index (χ1n) is 6.51. The fourth-order valence-electron chi connectivity index (χ4n) is 1.86. The Morgan fingerprint density at radius 2 is 2.15 bits per heavy atom. The average Bonchev–Trinajstić information content (AvgIpc) is 2.31. The van der Waals surface area contributed by atoms with Gasteiger partial charge in [-0.1, -0.05) is 6.92 Å². The van der Waals surface area contributed by atoms with Gasteiger partial charge in [0.2, 0.25) is 5.91 Å². The summed E-state index contributed by atoms with van der Waals surface area (Å²) in [6.45, 7) is 6.36. The molecule has 0 radical (unpaired) electrons. The largest absolute Gasteiger partial charge is 0.397 e. The Morgan fingerprint density at radius 3 is 2.70 bits per heavy atom. The van der Waals surface area contributed by atoms with Crippen LogP contribution in [-0.4, -0.2) is 41.1 Å². The molecule has 1 aromatic carbocycles. The zero-order valence-electron chi connectivity index (χ0n) is 12.1. The van der Waals surface area contributed by atoms with Crippen molar-refractivity contribution in [3.63, 3.8) is 0 Å². The topological polar surface area (TPSA) is 78.6 Å². The van der Waals surface area contributed by atoms with Crippen molar-refractivity contribution < 1.29 is 14.3 Å². The first kappa shape index (κ1) is 16.4. The number of anilines is 2. The minimum atomic E-state index is -0.881. The highest BCUT2D eigenvalue weighted by Crippen LogP contribution is 2.19. The standard InChI is InChI=1S/C14H22FN3O2/c1-4-18(9-14(2,3)20)8-13(19)17-12-7-10(15)5-6-11(12)16/h5-7,20H,4,8-9,16H2,1-3H3,(H,17,19). The fourth-order valence-corrected chi connectivity index (χ4v) is 1.86. The molecule has 20 heavy (non-hydrogen) atoms. The minimum absolute atomic E-state index is 0.108. The quantitative estimate of drug-likeness (QED) is 0.690. The van der Waals surface area contributed by atoms with Gasteiger partial charge in [-0.3, -0.25) is 9.69 Å². The highest BCUT2D eigenvalue weighted by Gasteiger charge is 2.19. The Kier molecular flexibility index (Phi) is 5.47. The molecule has 0 fully saturated rings. The van der Waals surface area contributed by atoms with Gasteiger partial charge in [-0.25, -0.2) is 4.39 Å². The van der Waals surface area contributed by atoms with Crippen molar-refractivity contribution >= 4 is 17.3 Å². The molecule has 1 aromatic rings. The zero-order chi connectivity index (χ0) is 15.3. The van der Waals surface area contributed by atoms with Gasteiger partial charge in [-0.2, -0.15) is 0 Å². The van der Waals surface area contributed by atoms with Crippen LogP contribution in [0.4, 0.5) is 15.8 Å². The molecule has 0 heterocycles. The summed E-state index contributed by atoms with van der Waals surface area (Å²) in [5, 5.41) is 12.3. The predicted molar refractivity (Wildman–Crippen MR) is 77.9 cm³/mol. The first-order valence-corrected chi connectivity index (χ1v) is 6.51. The summed E-state index contributed by atoms with van der Waals surface area (Å²) < 4.78 is 13.1. The lowest BCUT2D eigenvalue weighted by atomic mass is 10.1. The second-order valence-electron chi connectivity index (χ2n) is 5.40. The number of carbonyl (C=O) groups excluding carboxylic acids is 1. The van der Waals surface area contributed by atoms with E-state index in [-0.39, 0.29) is 18.1 Å². The molecule has 0 unspecified atom stereocenters. The monoisotopic (exact) mass is 283 g/mol. The van der Waals surface area contributed by atoms with Crippen molar-refractivity contribution in [1.82, 2.24) is 4.90 Å². The second kappa shape index (κ2) is 6.67.